The standard InChI is InChI=1S/C69H114O6/c1-4-7-10-13-16-19-21-23-25-27-28-29-30-31-32-33-34-35-36-37-38-39-40-42-43-45-47-50-53-56-59-62-68(71)74-65-66(64-73-67(70)61-58-55-52-49-18-15-12-9-6-3)75-69(72)63-60-57-54-51-48-46-44-41-26-24-22-20-17-14-11-8-5-2/h7,10,16-17,19-20,23-26,28-29,31-32,34-35,37-38,40,42,66H,4-6,8-9,11-15,18,21-22,27,30,33,36,39,41,43-65H2,1-3H3/b10-7-,19-16-,20-17-,25-23-,26-24-,29-28-,32-31-,35-34-,38-37-,42-40-. The molecule has 0 N–H and O–H groups in total. The lowest BCUT2D eigenvalue weighted by atomic mass is 10.1. The molecule has 0 aliphatic rings. The van der Waals surface area contributed by atoms with Crippen LogP contribution in [-0.4, -0.2) is 37.2 Å². The summed E-state index contributed by atoms with van der Waals surface area (Å²) in [6, 6.07) is 0. The van der Waals surface area contributed by atoms with Crippen molar-refractivity contribution in [3.05, 3.63) is 122 Å². The van der Waals surface area contributed by atoms with Crippen LogP contribution in [0.5, 0.6) is 0 Å². The van der Waals surface area contributed by atoms with E-state index in [0.29, 0.717) is 19.3 Å². The summed E-state index contributed by atoms with van der Waals surface area (Å²) in [5.41, 5.74) is 0. The summed E-state index contributed by atoms with van der Waals surface area (Å²) in [4.78, 5) is 38.1. The van der Waals surface area contributed by atoms with Gasteiger partial charge in [-0.05, 0) is 116 Å². The monoisotopic (exact) mass is 1040 g/mol. The van der Waals surface area contributed by atoms with Crippen LogP contribution in [-0.2, 0) is 28.6 Å². The van der Waals surface area contributed by atoms with Gasteiger partial charge >= 0.3 is 17.9 Å². The SMILES string of the molecule is CC/C=C\C/C=C\C/C=C\C/C=C\C/C=C\C/C=C\C/C=C\C/C=C\CCCCCCCCC(=O)OCC(COC(=O)CCCCCCCCCCC)OC(=O)CCCCCCCCC/C=C\C/C=C\CCCCC. The molecular formula is C69H114O6. The van der Waals surface area contributed by atoms with Gasteiger partial charge in [-0.1, -0.05) is 264 Å². The van der Waals surface area contributed by atoms with E-state index in [1.54, 1.807) is 0 Å². The van der Waals surface area contributed by atoms with Crippen LogP contribution in [0, 0.1) is 0 Å². The minimum absolute atomic E-state index is 0.0861. The van der Waals surface area contributed by atoms with Crippen molar-refractivity contribution in [2.24, 2.45) is 0 Å². The number of carbonyl (C=O) groups is 3. The van der Waals surface area contributed by atoms with E-state index >= 15 is 0 Å². The molecule has 0 aromatic heterocycles. The topological polar surface area (TPSA) is 78.9 Å². The van der Waals surface area contributed by atoms with Crippen molar-refractivity contribution >= 4 is 17.9 Å². The van der Waals surface area contributed by atoms with Crippen molar-refractivity contribution in [3.8, 4) is 0 Å². The Bertz CT molecular complexity index is 1570. The maximum Gasteiger partial charge on any atom is 0.306 e. The number of hydrogen-bond donors (Lipinski definition) is 0. The molecule has 6 nitrogen and oxygen atoms in total. The third-order valence-corrected chi connectivity index (χ3v) is 13.0. The molecule has 6 heteroatoms. The highest BCUT2D eigenvalue weighted by Gasteiger charge is 2.19. The molecule has 426 valence electrons. The summed E-state index contributed by atoms with van der Waals surface area (Å²) < 4.78 is 16.8. The van der Waals surface area contributed by atoms with Crippen molar-refractivity contribution in [2.75, 3.05) is 13.2 Å². The smallest absolute Gasteiger partial charge is 0.306 e. The van der Waals surface area contributed by atoms with E-state index in [1.807, 2.05) is 0 Å². The highest BCUT2D eigenvalue weighted by molar-refractivity contribution is 5.71. The molecule has 0 rings (SSSR count). The maximum absolute atomic E-state index is 12.8. The average molecular weight is 1040 g/mol. The zero-order valence-electron chi connectivity index (χ0n) is 48.8. The normalized spacial score (nSPS) is 12.9. The summed E-state index contributed by atoms with van der Waals surface area (Å²) in [6.07, 6.45) is 86.3. The molecule has 0 saturated carbocycles. The summed E-state index contributed by atoms with van der Waals surface area (Å²) in [6.45, 7) is 6.47. The lowest BCUT2D eigenvalue weighted by Gasteiger charge is -2.18. The van der Waals surface area contributed by atoms with Gasteiger partial charge in [-0.3, -0.25) is 14.4 Å². The predicted molar refractivity (Wildman–Crippen MR) is 325 cm³/mol. The molecule has 75 heavy (non-hydrogen) atoms. The van der Waals surface area contributed by atoms with E-state index in [2.05, 4.69) is 142 Å². The van der Waals surface area contributed by atoms with Crippen molar-refractivity contribution in [1.82, 2.24) is 0 Å². The van der Waals surface area contributed by atoms with Gasteiger partial charge in [0.05, 0.1) is 0 Å². The van der Waals surface area contributed by atoms with Crippen molar-refractivity contribution < 1.29 is 28.6 Å². The summed E-state index contributed by atoms with van der Waals surface area (Å²) in [5, 5.41) is 0. The van der Waals surface area contributed by atoms with E-state index in [1.165, 1.54) is 103 Å². The van der Waals surface area contributed by atoms with Gasteiger partial charge in [0.2, 0.25) is 0 Å². The largest absolute Gasteiger partial charge is 0.462 e. The Morgan fingerprint density at radius 3 is 0.840 bits per heavy atom. The Balaban J connectivity index is 4.26. The molecule has 1 unspecified atom stereocenters. The van der Waals surface area contributed by atoms with Crippen molar-refractivity contribution in [1.29, 1.82) is 0 Å². The third kappa shape index (κ3) is 60.6. The van der Waals surface area contributed by atoms with E-state index in [-0.39, 0.29) is 31.1 Å². The van der Waals surface area contributed by atoms with Crippen LogP contribution in [0.2, 0.25) is 0 Å². The van der Waals surface area contributed by atoms with Crippen molar-refractivity contribution in [3.63, 3.8) is 0 Å². The molecule has 0 aromatic rings. The second-order valence-corrected chi connectivity index (χ2v) is 20.2. The minimum Gasteiger partial charge on any atom is -0.462 e. The molecule has 0 aromatic carbocycles. The van der Waals surface area contributed by atoms with E-state index in [4.69, 9.17) is 14.2 Å². The van der Waals surface area contributed by atoms with E-state index in [9.17, 15) is 14.4 Å². The van der Waals surface area contributed by atoms with Gasteiger partial charge in [-0.15, -0.1) is 0 Å². The lowest BCUT2D eigenvalue weighted by Crippen LogP contribution is -2.30. The minimum atomic E-state index is -0.789. The summed E-state index contributed by atoms with van der Waals surface area (Å²) in [7, 11) is 0. The predicted octanol–water partition coefficient (Wildman–Crippen LogP) is 21.2. The first-order chi connectivity index (χ1) is 37.0. The third-order valence-electron chi connectivity index (χ3n) is 13.0. The van der Waals surface area contributed by atoms with Gasteiger partial charge in [-0.2, -0.15) is 0 Å². The highest BCUT2D eigenvalue weighted by atomic mass is 16.6. The zero-order chi connectivity index (χ0) is 54.3. The lowest BCUT2D eigenvalue weighted by molar-refractivity contribution is -0.167. The van der Waals surface area contributed by atoms with Crippen LogP contribution >= 0.6 is 0 Å². The van der Waals surface area contributed by atoms with Gasteiger partial charge < -0.3 is 14.2 Å². The first kappa shape index (κ1) is 70.8. The molecule has 0 aliphatic heterocycles. The Morgan fingerprint density at radius 2 is 0.520 bits per heavy atom. The number of ether oxygens (including phenoxy) is 3. The fourth-order valence-corrected chi connectivity index (χ4v) is 8.31. The molecule has 0 amide bonds. The van der Waals surface area contributed by atoms with Crippen LogP contribution in [0.25, 0.3) is 0 Å². The molecule has 0 bridgehead atoms. The molecule has 0 saturated heterocycles. The van der Waals surface area contributed by atoms with Gasteiger partial charge in [0, 0.05) is 19.3 Å². The van der Waals surface area contributed by atoms with Crippen LogP contribution in [0.1, 0.15) is 278 Å². The molecule has 1 atom stereocenters. The molecule has 0 heterocycles. The zero-order valence-corrected chi connectivity index (χ0v) is 48.8. The Hall–Kier alpha value is -4.19. The molecule has 0 spiro atoms. The molecule has 0 aliphatic carbocycles. The van der Waals surface area contributed by atoms with Crippen molar-refractivity contribution in [2.45, 2.75) is 284 Å². The second-order valence-electron chi connectivity index (χ2n) is 20.2. The average Bonchev–Trinajstić information content (AvgIpc) is 3.41. The first-order valence-electron chi connectivity index (χ1n) is 31.0. The first-order valence-corrected chi connectivity index (χ1v) is 31.0. The second kappa shape index (κ2) is 62.4. The van der Waals surface area contributed by atoms with Crippen LogP contribution < -0.4 is 0 Å². The molecule has 0 radical (unpaired) electrons. The number of hydrogen-bond acceptors (Lipinski definition) is 6. The summed E-state index contributed by atoms with van der Waals surface area (Å²) >= 11 is 0. The maximum atomic E-state index is 12.8. The summed E-state index contributed by atoms with van der Waals surface area (Å²) in [5.74, 6) is -0.910. The Kier molecular flexibility index (Phi) is 58.9. The fourth-order valence-electron chi connectivity index (χ4n) is 8.31. The molecule has 0 fully saturated rings. The van der Waals surface area contributed by atoms with E-state index < -0.39 is 6.10 Å². The van der Waals surface area contributed by atoms with Crippen LogP contribution in [0.4, 0.5) is 0 Å². The number of unbranched alkanes of at least 4 members (excludes halogenated alkanes) is 24. The highest BCUT2D eigenvalue weighted by Crippen LogP contribution is 2.15. The Morgan fingerprint density at radius 1 is 0.280 bits per heavy atom. The van der Waals surface area contributed by atoms with Gasteiger partial charge in [0.15, 0.2) is 6.10 Å². The Labute approximate surface area is 462 Å². The molecular weight excluding hydrogens is 925 g/mol. The van der Waals surface area contributed by atoms with Crippen LogP contribution in [0.3, 0.4) is 0 Å². The fraction of sp³-hybridized carbons (Fsp3) is 0.667. The van der Waals surface area contributed by atoms with Crippen LogP contribution in [0.15, 0.2) is 122 Å². The number of esters is 3. The van der Waals surface area contributed by atoms with Gasteiger partial charge in [0.1, 0.15) is 13.2 Å². The number of rotatable bonds is 55. The number of allylic oxidation sites excluding steroid dienone is 20. The quantitative estimate of drug-likeness (QED) is 0.0261. The van der Waals surface area contributed by atoms with Gasteiger partial charge in [0.25, 0.3) is 0 Å². The number of carbonyl (C=O) groups excluding carboxylic acids is 3. The van der Waals surface area contributed by atoms with E-state index in [0.717, 1.165) is 135 Å². The van der Waals surface area contributed by atoms with Gasteiger partial charge in [-0.25, -0.2) is 0 Å².